The smallest absolute Gasteiger partial charge is 0.471 e. The molecule has 0 saturated carbocycles. The first-order chi connectivity index (χ1) is 11.1. The lowest BCUT2D eigenvalue weighted by Gasteiger charge is -2.25. The van der Waals surface area contributed by atoms with Crippen molar-refractivity contribution in [2.75, 3.05) is 14.2 Å². The number of aryl methyl sites for hydroxylation is 2. The summed E-state index contributed by atoms with van der Waals surface area (Å²) in [6, 6.07) is 15.7. The van der Waals surface area contributed by atoms with Gasteiger partial charge in [0.1, 0.15) is 11.5 Å². The van der Waals surface area contributed by atoms with Crippen LogP contribution in [-0.4, -0.2) is 23.3 Å². The van der Waals surface area contributed by atoms with Crippen molar-refractivity contribution in [1.29, 1.82) is 0 Å². The maximum Gasteiger partial charge on any atom is 0.820 e. The topological polar surface area (TPSA) is 36.9 Å². The summed E-state index contributed by atoms with van der Waals surface area (Å²) in [5, 5.41) is 0. The molecule has 5 heteroatoms. The lowest BCUT2D eigenvalue weighted by molar-refractivity contribution is 0.0826. The number of benzene rings is 2. The Morgan fingerprint density at radius 3 is 1.26 bits per heavy atom. The molecule has 0 aliphatic rings. The molecule has 2 rings (SSSR count). The van der Waals surface area contributed by atoms with Gasteiger partial charge in [-0.05, 0) is 48.2 Å². The molecule has 0 fully saturated rings. The van der Waals surface area contributed by atoms with Gasteiger partial charge >= 0.3 is 9.05 Å². The average molecular weight is 332 g/mol. The lowest BCUT2D eigenvalue weighted by atomic mass is 10.2. The molecule has 0 atom stereocenters. The maximum absolute atomic E-state index is 5.93. The lowest BCUT2D eigenvalue weighted by Crippen LogP contribution is -2.53. The molecule has 0 aliphatic heterocycles. The minimum absolute atomic E-state index is 0.669. The van der Waals surface area contributed by atoms with Gasteiger partial charge in [-0.1, -0.05) is 38.1 Å². The zero-order valence-electron chi connectivity index (χ0n) is 14.2. The van der Waals surface area contributed by atoms with E-state index < -0.39 is 9.05 Å². The summed E-state index contributed by atoms with van der Waals surface area (Å²) in [5.41, 5.74) is 2.49. The minimum atomic E-state index is -3.28. The van der Waals surface area contributed by atoms with Crippen LogP contribution in [0.1, 0.15) is 25.0 Å². The van der Waals surface area contributed by atoms with Crippen LogP contribution in [0.4, 0.5) is 0 Å². The van der Waals surface area contributed by atoms with Crippen LogP contribution >= 0.6 is 0 Å². The number of hydrogen-bond donors (Lipinski definition) is 0. The monoisotopic (exact) mass is 332 g/mol. The van der Waals surface area contributed by atoms with Crippen molar-refractivity contribution in [3.05, 3.63) is 59.7 Å². The molecule has 23 heavy (non-hydrogen) atoms. The summed E-state index contributed by atoms with van der Waals surface area (Å²) in [4.78, 5) is 0. The second kappa shape index (κ2) is 8.15. The molecular weight excluding hydrogens is 308 g/mol. The van der Waals surface area contributed by atoms with Crippen molar-refractivity contribution < 1.29 is 17.7 Å². The van der Waals surface area contributed by atoms with Gasteiger partial charge in [-0.25, -0.2) is 0 Å². The van der Waals surface area contributed by atoms with E-state index in [1.54, 1.807) is 0 Å². The highest BCUT2D eigenvalue weighted by Gasteiger charge is 2.49. The summed E-state index contributed by atoms with van der Waals surface area (Å²) in [6.07, 6.45) is 1.97. The fourth-order valence-corrected chi connectivity index (χ4v) is 3.54. The standard InChI is InChI=1S/C18H24O4Si/c1-5-15-7-11-17(12-8-15)21-23(19-3,20-4)22-18-13-9-16(6-2)10-14-18/h7-14H,5-6H2,1-4H3. The van der Waals surface area contributed by atoms with Gasteiger partial charge in [-0.3, -0.25) is 0 Å². The fraction of sp³-hybridized carbons (Fsp3) is 0.333. The summed E-state index contributed by atoms with van der Waals surface area (Å²) < 4.78 is 22.8. The van der Waals surface area contributed by atoms with E-state index in [-0.39, 0.29) is 0 Å². The van der Waals surface area contributed by atoms with Crippen molar-refractivity contribution in [3.63, 3.8) is 0 Å². The molecule has 2 aromatic rings. The average Bonchev–Trinajstić information content (AvgIpc) is 2.62. The molecule has 0 bridgehead atoms. The van der Waals surface area contributed by atoms with Crippen LogP contribution in [0.3, 0.4) is 0 Å². The first kappa shape index (κ1) is 17.5. The van der Waals surface area contributed by atoms with Gasteiger partial charge in [-0.2, -0.15) is 0 Å². The second-order valence-corrected chi connectivity index (χ2v) is 7.33. The third-order valence-electron chi connectivity index (χ3n) is 3.65. The van der Waals surface area contributed by atoms with Gasteiger partial charge in [0.05, 0.1) is 0 Å². The Hall–Kier alpha value is -1.82. The summed E-state index contributed by atoms with van der Waals surface area (Å²) in [6.45, 7) is 4.23. The highest BCUT2D eigenvalue weighted by atomic mass is 28.4. The van der Waals surface area contributed by atoms with Crippen LogP contribution in [0.25, 0.3) is 0 Å². The largest absolute Gasteiger partial charge is 0.820 e. The molecule has 0 radical (unpaired) electrons. The molecule has 2 aromatic carbocycles. The third-order valence-corrected chi connectivity index (χ3v) is 5.62. The SMILES string of the molecule is CCc1ccc(O[Si](OC)(OC)Oc2ccc(CC)cc2)cc1. The van der Waals surface area contributed by atoms with Crippen molar-refractivity contribution in [3.8, 4) is 11.5 Å². The van der Waals surface area contributed by atoms with Crippen LogP contribution in [0.5, 0.6) is 11.5 Å². The van der Waals surface area contributed by atoms with Crippen molar-refractivity contribution in [1.82, 2.24) is 0 Å². The van der Waals surface area contributed by atoms with E-state index in [0.29, 0.717) is 11.5 Å². The fourth-order valence-electron chi connectivity index (χ4n) is 2.15. The molecule has 0 unspecified atom stereocenters. The highest BCUT2D eigenvalue weighted by molar-refractivity contribution is 6.55. The highest BCUT2D eigenvalue weighted by Crippen LogP contribution is 2.22. The maximum atomic E-state index is 5.93. The molecular formula is C18H24O4Si. The van der Waals surface area contributed by atoms with Crippen LogP contribution < -0.4 is 8.85 Å². The van der Waals surface area contributed by atoms with Gasteiger partial charge < -0.3 is 17.7 Å². The van der Waals surface area contributed by atoms with Gasteiger partial charge in [-0.15, -0.1) is 0 Å². The van der Waals surface area contributed by atoms with Gasteiger partial charge in [0.2, 0.25) is 0 Å². The predicted molar refractivity (Wildman–Crippen MR) is 92.7 cm³/mol. The third kappa shape index (κ3) is 4.57. The zero-order valence-corrected chi connectivity index (χ0v) is 15.2. The Morgan fingerprint density at radius 1 is 0.652 bits per heavy atom. The van der Waals surface area contributed by atoms with Gasteiger partial charge in [0.25, 0.3) is 0 Å². The molecule has 124 valence electrons. The summed E-state index contributed by atoms with van der Waals surface area (Å²) >= 11 is 0. The van der Waals surface area contributed by atoms with Gasteiger partial charge in [0.15, 0.2) is 0 Å². The quantitative estimate of drug-likeness (QED) is 0.685. The first-order valence-corrected chi connectivity index (χ1v) is 9.44. The van der Waals surface area contributed by atoms with Crippen LogP contribution in [0, 0.1) is 0 Å². The van der Waals surface area contributed by atoms with E-state index in [0.717, 1.165) is 12.8 Å². The Labute approximate surface area is 139 Å². The van der Waals surface area contributed by atoms with Crippen LogP contribution in [0.15, 0.2) is 48.5 Å². The van der Waals surface area contributed by atoms with E-state index in [9.17, 15) is 0 Å². The Kier molecular flexibility index (Phi) is 6.21. The Balaban J connectivity index is 2.16. The van der Waals surface area contributed by atoms with Gasteiger partial charge in [0, 0.05) is 14.2 Å². The summed E-state index contributed by atoms with van der Waals surface area (Å²) in [7, 11) is -0.204. The molecule has 0 N–H and O–H groups in total. The van der Waals surface area contributed by atoms with E-state index in [1.807, 2.05) is 48.5 Å². The molecule has 0 saturated heterocycles. The normalized spacial score (nSPS) is 11.3. The molecule has 0 spiro atoms. The van der Waals surface area contributed by atoms with E-state index in [2.05, 4.69) is 13.8 Å². The van der Waals surface area contributed by atoms with Crippen molar-refractivity contribution in [2.24, 2.45) is 0 Å². The van der Waals surface area contributed by atoms with E-state index in [4.69, 9.17) is 17.7 Å². The summed E-state index contributed by atoms with van der Waals surface area (Å²) in [5.74, 6) is 1.34. The first-order valence-electron chi connectivity index (χ1n) is 7.81. The van der Waals surface area contributed by atoms with Crippen molar-refractivity contribution >= 4 is 9.05 Å². The molecule has 0 heterocycles. The zero-order chi connectivity index (χ0) is 16.7. The second-order valence-electron chi connectivity index (χ2n) is 5.11. The van der Waals surface area contributed by atoms with E-state index in [1.165, 1.54) is 25.3 Å². The molecule has 0 aliphatic carbocycles. The number of hydrogen-bond acceptors (Lipinski definition) is 4. The van der Waals surface area contributed by atoms with Crippen LogP contribution in [0.2, 0.25) is 0 Å². The van der Waals surface area contributed by atoms with Crippen LogP contribution in [-0.2, 0) is 21.7 Å². The van der Waals surface area contributed by atoms with E-state index >= 15 is 0 Å². The Morgan fingerprint density at radius 2 is 1.00 bits per heavy atom. The predicted octanol–water partition coefficient (Wildman–Crippen LogP) is 4.00. The molecule has 0 aromatic heterocycles. The number of rotatable bonds is 8. The van der Waals surface area contributed by atoms with Crippen molar-refractivity contribution in [2.45, 2.75) is 26.7 Å². The minimum Gasteiger partial charge on any atom is -0.471 e. The Bertz CT molecular complexity index is 540. The molecule has 4 nitrogen and oxygen atoms in total. The molecule has 0 amide bonds.